The van der Waals surface area contributed by atoms with E-state index in [0.717, 1.165) is 0 Å². The molecule has 6 heteroatoms. The highest BCUT2D eigenvalue weighted by molar-refractivity contribution is 9.10. The Morgan fingerprint density at radius 2 is 1.83 bits per heavy atom. The predicted octanol–water partition coefficient (Wildman–Crippen LogP) is 3.92. The molecule has 0 unspecified atom stereocenters. The molecule has 1 heterocycles. The molecule has 2 rings (SSSR count). The van der Waals surface area contributed by atoms with Gasteiger partial charge in [-0.3, -0.25) is 9.36 Å². The number of halogens is 3. The number of benzene rings is 1. The van der Waals surface area contributed by atoms with Crippen LogP contribution in [0.15, 0.2) is 33.5 Å². The first-order chi connectivity index (χ1) is 8.43. The van der Waals surface area contributed by atoms with Gasteiger partial charge in [-0.1, -0.05) is 29.3 Å². The van der Waals surface area contributed by atoms with Gasteiger partial charge in [-0.15, -0.1) is 0 Å². The Kier molecular flexibility index (Phi) is 3.71. The minimum Gasteiger partial charge on any atom is -0.506 e. The van der Waals surface area contributed by atoms with E-state index in [0.29, 0.717) is 21.4 Å². The minimum atomic E-state index is -0.414. The first-order valence-corrected chi connectivity index (χ1v) is 6.54. The predicted molar refractivity (Wildman–Crippen MR) is 76.2 cm³/mol. The molecule has 18 heavy (non-hydrogen) atoms. The second-order valence-corrected chi connectivity index (χ2v) is 5.30. The number of aromatic nitrogens is 1. The summed E-state index contributed by atoms with van der Waals surface area (Å²) in [6.07, 6.45) is 0. The maximum Gasteiger partial charge on any atom is 0.273 e. The van der Waals surface area contributed by atoms with Crippen molar-refractivity contribution >= 4 is 39.1 Å². The number of pyridine rings is 1. The van der Waals surface area contributed by atoms with Gasteiger partial charge in [-0.25, -0.2) is 0 Å². The first kappa shape index (κ1) is 13.5. The summed E-state index contributed by atoms with van der Waals surface area (Å²) in [4.78, 5) is 12.2. The van der Waals surface area contributed by atoms with Crippen LogP contribution in [-0.4, -0.2) is 9.67 Å². The second kappa shape index (κ2) is 4.96. The van der Waals surface area contributed by atoms with Crippen LogP contribution in [-0.2, 0) is 0 Å². The maximum atomic E-state index is 12.2. The van der Waals surface area contributed by atoms with Gasteiger partial charge in [0.2, 0.25) is 0 Å². The average molecular weight is 349 g/mol. The topological polar surface area (TPSA) is 42.2 Å². The third-order valence-electron chi connectivity index (χ3n) is 2.48. The van der Waals surface area contributed by atoms with Gasteiger partial charge in [0, 0.05) is 11.8 Å². The molecule has 94 valence electrons. The molecule has 2 aromatic rings. The van der Waals surface area contributed by atoms with E-state index < -0.39 is 5.56 Å². The zero-order chi connectivity index (χ0) is 13.4. The summed E-state index contributed by atoms with van der Waals surface area (Å²) < 4.78 is 1.43. The quantitative estimate of drug-likeness (QED) is 0.848. The highest BCUT2D eigenvalue weighted by atomic mass is 79.9. The molecule has 0 atom stereocenters. The van der Waals surface area contributed by atoms with Gasteiger partial charge in [-0.05, 0) is 35.0 Å². The van der Waals surface area contributed by atoms with Crippen molar-refractivity contribution in [1.82, 2.24) is 4.57 Å². The average Bonchev–Trinajstić information content (AvgIpc) is 2.30. The third-order valence-corrected chi connectivity index (χ3v) is 3.83. The van der Waals surface area contributed by atoms with Crippen molar-refractivity contribution in [2.24, 2.45) is 0 Å². The lowest BCUT2D eigenvalue weighted by atomic mass is 10.2. The largest absolute Gasteiger partial charge is 0.506 e. The lowest BCUT2D eigenvalue weighted by molar-refractivity contribution is 0.468. The summed E-state index contributed by atoms with van der Waals surface area (Å²) in [6, 6.07) is 6.46. The molecule has 0 radical (unpaired) electrons. The van der Waals surface area contributed by atoms with Gasteiger partial charge in [0.1, 0.15) is 10.2 Å². The van der Waals surface area contributed by atoms with E-state index >= 15 is 0 Å². The zero-order valence-electron chi connectivity index (χ0n) is 9.25. The molecule has 3 nitrogen and oxygen atoms in total. The molecule has 0 saturated heterocycles. The number of rotatable bonds is 1. The van der Waals surface area contributed by atoms with E-state index in [1.54, 1.807) is 25.1 Å². The van der Waals surface area contributed by atoms with Crippen LogP contribution in [0.25, 0.3) is 5.69 Å². The smallest absolute Gasteiger partial charge is 0.273 e. The van der Waals surface area contributed by atoms with Crippen molar-refractivity contribution in [2.45, 2.75) is 6.92 Å². The van der Waals surface area contributed by atoms with E-state index in [1.807, 2.05) is 0 Å². The molecule has 1 aromatic heterocycles. The van der Waals surface area contributed by atoms with Gasteiger partial charge in [-0.2, -0.15) is 0 Å². The molecular weight excluding hydrogens is 341 g/mol. The normalized spacial score (nSPS) is 10.7. The summed E-state index contributed by atoms with van der Waals surface area (Å²) in [6.45, 7) is 1.69. The van der Waals surface area contributed by atoms with E-state index in [9.17, 15) is 9.90 Å². The monoisotopic (exact) mass is 347 g/mol. The Balaban J connectivity index is 2.89. The molecule has 0 aliphatic rings. The SMILES string of the molecule is Cc1cc(O)c(Br)c(=O)n1-c1c(Cl)cccc1Cl. The minimum absolute atomic E-state index is 0.0732. The highest BCUT2D eigenvalue weighted by Crippen LogP contribution is 2.30. The van der Waals surface area contributed by atoms with E-state index in [2.05, 4.69) is 15.9 Å². The lowest BCUT2D eigenvalue weighted by Crippen LogP contribution is -2.21. The van der Waals surface area contributed by atoms with Crippen molar-refractivity contribution < 1.29 is 5.11 Å². The fourth-order valence-corrected chi connectivity index (χ4v) is 2.53. The van der Waals surface area contributed by atoms with E-state index in [-0.39, 0.29) is 10.2 Å². The summed E-state index contributed by atoms with van der Waals surface area (Å²) in [7, 11) is 0. The second-order valence-electron chi connectivity index (χ2n) is 3.70. The zero-order valence-corrected chi connectivity index (χ0v) is 12.3. The van der Waals surface area contributed by atoms with Crippen molar-refractivity contribution in [3.8, 4) is 11.4 Å². The fraction of sp³-hybridized carbons (Fsp3) is 0.0833. The Bertz CT molecular complexity index is 662. The Hall–Kier alpha value is -0.970. The van der Waals surface area contributed by atoms with Gasteiger partial charge in [0.05, 0.1) is 15.7 Å². The van der Waals surface area contributed by atoms with Crippen LogP contribution in [0.4, 0.5) is 0 Å². The van der Waals surface area contributed by atoms with Crippen molar-refractivity contribution in [2.75, 3.05) is 0 Å². The Morgan fingerprint density at radius 1 is 1.28 bits per heavy atom. The third kappa shape index (κ3) is 2.16. The van der Waals surface area contributed by atoms with Crippen LogP contribution in [0, 0.1) is 6.92 Å². The Labute approximate surface area is 122 Å². The molecule has 0 aliphatic heterocycles. The standard InChI is InChI=1S/C12H8BrCl2NO2/c1-6-5-9(17)10(13)12(18)16(6)11-7(14)3-2-4-8(11)15/h2-5,17H,1H3. The van der Waals surface area contributed by atoms with Crippen LogP contribution < -0.4 is 5.56 Å². The van der Waals surface area contributed by atoms with Crippen molar-refractivity contribution in [1.29, 1.82) is 0 Å². The van der Waals surface area contributed by atoms with Crippen molar-refractivity contribution in [3.05, 3.63) is 54.8 Å². The van der Waals surface area contributed by atoms with Gasteiger partial charge >= 0.3 is 0 Å². The number of nitrogens with zero attached hydrogens (tertiary/aromatic N) is 1. The van der Waals surface area contributed by atoms with Crippen LogP contribution in [0.2, 0.25) is 10.0 Å². The van der Waals surface area contributed by atoms with Crippen LogP contribution in [0.1, 0.15) is 5.69 Å². The highest BCUT2D eigenvalue weighted by Gasteiger charge is 2.15. The van der Waals surface area contributed by atoms with Crippen LogP contribution >= 0.6 is 39.1 Å². The molecule has 1 N–H and O–H groups in total. The number of hydrogen-bond donors (Lipinski definition) is 1. The van der Waals surface area contributed by atoms with Gasteiger partial charge in [0.25, 0.3) is 5.56 Å². The molecule has 1 aromatic carbocycles. The number of hydrogen-bond acceptors (Lipinski definition) is 2. The molecule has 0 amide bonds. The fourth-order valence-electron chi connectivity index (χ4n) is 1.67. The molecule has 0 fully saturated rings. The molecule has 0 aliphatic carbocycles. The maximum absolute atomic E-state index is 12.2. The van der Waals surface area contributed by atoms with E-state index in [4.69, 9.17) is 23.2 Å². The number of aryl methyl sites for hydroxylation is 1. The summed E-state index contributed by atoms with van der Waals surface area (Å²) in [5.74, 6) is -0.114. The molecule has 0 spiro atoms. The lowest BCUT2D eigenvalue weighted by Gasteiger charge is -2.14. The Morgan fingerprint density at radius 3 is 2.39 bits per heavy atom. The van der Waals surface area contributed by atoms with Crippen LogP contribution in [0.5, 0.6) is 5.75 Å². The number of para-hydroxylation sites is 1. The summed E-state index contributed by atoms with van der Waals surface area (Å²) in [5.41, 5.74) is 0.530. The van der Waals surface area contributed by atoms with Crippen molar-refractivity contribution in [3.63, 3.8) is 0 Å². The summed E-state index contributed by atoms with van der Waals surface area (Å²) >= 11 is 15.2. The van der Waals surface area contributed by atoms with Gasteiger partial charge < -0.3 is 5.11 Å². The number of aromatic hydroxyl groups is 1. The molecule has 0 saturated carbocycles. The molecular formula is C12H8BrCl2NO2. The van der Waals surface area contributed by atoms with E-state index in [1.165, 1.54) is 10.6 Å². The van der Waals surface area contributed by atoms with Gasteiger partial charge in [0.15, 0.2) is 0 Å². The first-order valence-electron chi connectivity index (χ1n) is 4.99. The molecule has 0 bridgehead atoms. The summed E-state index contributed by atoms with van der Waals surface area (Å²) in [5, 5.41) is 10.3. The van der Waals surface area contributed by atoms with Crippen LogP contribution in [0.3, 0.4) is 0 Å².